The van der Waals surface area contributed by atoms with E-state index in [-0.39, 0.29) is 5.91 Å². The Morgan fingerprint density at radius 1 is 1.16 bits per heavy atom. The number of anilines is 1. The number of carbonyl (C=O) groups excluding carboxylic acids is 1. The minimum atomic E-state index is -0.0525. The third-order valence-electron chi connectivity index (χ3n) is 3.87. The van der Waals surface area contributed by atoms with Gasteiger partial charge in [-0.1, -0.05) is 0 Å². The van der Waals surface area contributed by atoms with Gasteiger partial charge in [-0.2, -0.15) is 15.3 Å². The van der Waals surface area contributed by atoms with E-state index in [9.17, 15) is 4.79 Å². The molecule has 0 aliphatic carbocycles. The maximum atomic E-state index is 12.1. The van der Waals surface area contributed by atoms with Crippen LogP contribution in [0.2, 0.25) is 0 Å². The van der Waals surface area contributed by atoms with Gasteiger partial charge in [0.25, 0.3) is 0 Å². The molecular weight excluding hydrogens is 433 g/mol. The zero-order valence-corrected chi connectivity index (χ0v) is 16.3. The number of hydrogen-bond donors (Lipinski definition) is 1. The minimum absolute atomic E-state index is 0.0525. The van der Waals surface area contributed by atoms with Crippen LogP contribution in [0.25, 0.3) is 0 Å². The fourth-order valence-electron chi connectivity index (χ4n) is 2.44. The molecule has 9 heteroatoms. The molecule has 0 unspecified atom stereocenters. The quantitative estimate of drug-likeness (QED) is 0.557. The average molecular weight is 453 g/mol. The van der Waals surface area contributed by atoms with Crippen LogP contribution in [0.15, 0.2) is 31.0 Å². The molecule has 3 aromatic heterocycles. The van der Waals surface area contributed by atoms with Gasteiger partial charge in [-0.25, -0.2) is 0 Å². The van der Waals surface area contributed by atoms with Crippen molar-refractivity contribution in [1.82, 2.24) is 29.3 Å². The van der Waals surface area contributed by atoms with Crippen LogP contribution in [-0.4, -0.2) is 35.2 Å². The Bertz CT molecular complexity index is 864. The van der Waals surface area contributed by atoms with Crippen molar-refractivity contribution in [2.24, 2.45) is 0 Å². The van der Waals surface area contributed by atoms with Crippen molar-refractivity contribution < 1.29 is 4.79 Å². The number of aromatic nitrogens is 6. The number of aryl methyl sites for hydroxylation is 2. The second-order valence-corrected chi connectivity index (χ2v) is 6.89. The highest BCUT2D eigenvalue weighted by atomic mass is 127. The van der Waals surface area contributed by atoms with Gasteiger partial charge in [0.15, 0.2) is 0 Å². The molecule has 0 aromatic carbocycles. The van der Waals surface area contributed by atoms with E-state index in [0.717, 1.165) is 21.4 Å². The van der Waals surface area contributed by atoms with Crippen molar-refractivity contribution in [3.8, 4) is 0 Å². The molecule has 3 aromatic rings. The normalized spacial score (nSPS) is 11.0. The molecule has 0 saturated carbocycles. The van der Waals surface area contributed by atoms with Crippen molar-refractivity contribution in [2.45, 2.75) is 39.9 Å². The topological polar surface area (TPSA) is 82.6 Å². The molecule has 0 spiro atoms. The molecule has 8 nitrogen and oxygen atoms in total. The first-order chi connectivity index (χ1) is 12.0. The number of hydrogen-bond acceptors (Lipinski definition) is 4. The molecule has 132 valence electrons. The van der Waals surface area contributed by atoms with Gasteiger partial charge in [0.05, 0.1) is 40.9 Å². The molecule has 0 bridgehead atoms. The molecular formula is C16H20IN7O. The molecule has 0 fully saturated rings. The predicted octanol–water partition coefficient (Wildman–Crippen LogP) is 2.29. The first kappa shape index (κ1) is 17.6. The van der Waals surface area contributed by atoms with Gasteiger partial charge >= 0.3 is 0 Å². The van der Waals surface area contributed by atoms with Gasteiger partial charge in [-0.15, -0.1) is 0 Å². The van der Waals surface area contributed by atoms with Crippen molar-refractivity contribution in [1.29, 1.82) is 0 Å². The van der Waals surface area contributed by atoms with Gasteiger partial charge in [0.1, 0.15) is 0 Å². The first-order valence-electron chi connectivity index (χ1n) is 8.06. The highest BCUT2D eigenvalue weighted by Gasteiger charge is 2.08. The summed E-state index contributed by atoms with van der Waals surface area (Å²) in [5, 5.41) is 15.7. The molecule has 1 amide bonds. The summed E-state index contributed by atoms with van der Waals surface area (Å²) in [6.07, 6.45) is 9.48. The maximum absolute atomic E-state index is 12.1. The fourth-order valence-corrected chi connectivity index (χ4v) is 2.85. The predicted molar refractivity (Wildman–Crippen MR) is 102 cm³/mol. The first-order valence-corrected chi connectivity index (χ1v) is 9.14. The summed E-state index contributed by atoms with van der Waals surface area (Å²) in [4.78, 5) is 12.1. The summed E-state index contributed by atoms with van der Waals surface area (Å²) in [5.41, 5.74) is 2.85. The Morgan fingerprint density at radius 2 is 1.96 bits per heavy atom. The van der Waals surface area contributed by atoms with Gasteiger partial charge in [0, 0.05) is 36.6 Å². The van der Waals surface area contributed by atoms with Gasteiger partial charge in [-0.05, 0) is 36.4 Å². The lowest BCUT2D eigenvalue weighted by atomic mass is 10.3. The molecule has 3 rings (SSSR count). The summed E-state index contributed by atoms with van der Waals surface area (Å²) in [6.45, 7) is 6.07. The van der Waals surface area contributed by atoms with Gasteiger partial charge in [-0.3, -0.25) is 18.8 Å². The number of halogens is 1. The molecule has 0 radical (unpaired) electrons. The third kappa shape index (κ3) is 4.47. The number of carbonyl (C=O) groups is 1. The molecule has 1 N–H and O–H groups in total. The molecule has 0 atom stereocenters. The van der Waals surface area contributed by atoms with E-state index in [2.05, 4.69) is 43.2 Å². The summed E-state index contributed by atoms with van der Waals surface area (Å²) in [5.74, 6) is -0.0525. The van der Waals surface area contributed by atoms with Crippen LogP contribution >= 0.6 is 22.6 Å². The maximum Gasteiger partial charge on any atom is 0.226 e. The molecule has 0 aliphatic rings. The Balaban J connectivity index is 1.52. The Labute approximate surface area is 159 Å². The Hall–Kier alpha value is -2.17. The van der Waals surface area contributed by atoms with Gasteiger partial charge < -0.3 is 5.32 Å². The second kappa shape index (κ2) is 7.81. The largest absolute Gasteiger partial charge is 0.323 e. The summed E-state index contributed by atoms with van der Waals surface area (Å²) >= 11 is 2.24. The van der Waals surface area contributed by atoms with Crippen molar-refractivity contribution in [2.75, 3.05) is 5.32 Å². The van der Waals surface area contributed by atoms with E-state index in [1.807, 2.05) is 41.8 Å². The minimum Gasteiger partial charge on any atom is -0.323 e. The van der Waals surface area contributed by atoms with E-state index in [4.69, 9.17) is 0 Å². The number of nitrogens with zero attached hydrogens (tertiary/aromatic N) is 6. The Morgan fingerprint density at radius 3 is 2.64 bits per heavy atom. The highest BCUT2D eigenvalue weighted by molar-refractivity contribution is 14.1. The van der Waals surface area contributed by atoms with Crippen LogP contribution in [0, 0.1) is 10.5 Å². The number of rotatable bonds is 7. The van der Waals surface area contributed by atoms with Crippen LogP contribution in [0.5, 0.6) is 0 Å². The highest BCUT2D eigenvalue weighted by Crippen LogP contribution is 2.11. The summed E-state index contributed by atoms with van der Waals surface area (Å²) in [7, 11) is 0. The molecule has 3 heterocycles. The third-order valence-corrected chi connectivity index (χ3v) is 4.93. The van der Waals surface area contributed by atoms with E-state index in [1.165, 1.54) is 0 Å². The monoisotopic (exact) mass is 453 g/mol. The smallest absolute Gasteiger partial charge is 0.226 e. The van der Waals surface area contributed by atoms with Crippen LogP contribution in [0.3, 0.4) is 0 Å². The van der Waals surface area contributed by atoms with Crippen molar-refractivity contribution >= 4 is 34.2 Å². The number of nitrogens with one attached hydrogen (secondary N) is 1. The van der Waals surface area contributed by atoms with Crippen LogP contribution in [0.1, 0.15) is 24.6 Å². The lowest BCUT2D eigenvalue weighted by Crippen LogP contribution is -2.15. The fraction of sp³-hybridized carbons (Fsp3) is 0.375. The zero-order valence-electron chi connectivity index (χ0n) is 14.2. The van der Waals surface area contributed by atoms with Crippen LogP contribution in [-0.2, 0) is 24.4 Å². The van der Waals surface area contributed by atoms with Gasteiger partial charge in [0.2, 0.25) is 5.91 Å². The lowest BCUT2D eigenvalue weighted by molar-refractivity contribution is -0.116. The molecule has 25 heavy (non-hydrogen) atoms. The summed E-state index contributed by atoms with van der Waals surface area (Å²) in [6, 6.07) is 0. The van der Waals surface area contributed by atoms with E-state index >= 15 is 0 Å². The van der Waals surface area contributed by atoms with Crippen LogP contribution in [0.4, 0.5) is 5.69 Å². The molecule has 0 aliphatic heterocycles. The number of amides is 1. The second-order valence-electron chi connectivity index (χ2n) is 5.73. The van der Waals surface area contributed by atoms with E-state index < -0.39 is 0 Å². The standard InChI is InChI=1S/C16H20IN7O/c1-3-22-9-13(6-18-22)10-23-11-14(7-19-23)21-16(25)4-5-24-12(2)15(17)8-20-24/h6-9,11H,3-5,10H2,1-2H3,(H,21,25). The SMILES string of the molecule is CCn1cc(Cn2cc(NC(=O)CCn3ncc(I)c3C)cn2)cn1. The van der Waals surface area contributed by atoms with Crippen molar-refractivity contribution in [3.05, 3.63) is 45.8 Å². The average Bonchev–Trinajstić information content (AvgIpc) is 3.30. The Kier molecular flexibility index (Phi) is 5.51. The van der Waals surface area contributed by atoms with E-state index in [1.54, 1.807) is 17.1 Å². The summed E-state index contributed by atoms with van der Waals surface area (Å²) < 4.78 is 6.61. The van der Waals surface area contributed by atoms with E-state index in [0.29, 0.717) is 25.2 Å². The molecule has 0 saturated heterocycles. The lowest BCUT2D eigenvalue weighted by Gasteiger charge is -2.05. The van der Waals surface area contributed by atoms with Crippen molar-refractivity contribution in [3.63, 3.8) is 0 Å². The zero-order chi connectivity index (χ0) is 17.8. The van der Waals surface area contributed by atoms with Crippen LogP contribution < -0.4 is 5.32 Å².